The van der Waals surface area contributed by atoms with Crippen LogP contribution >= 0.6 is 0 Å². The normalized spacial score (nSPS) is 11.9. The summed E-state index contributed by atoms with van der Waals surface area (Å²) >= 11 is 0. The van der Waals surface area contributed by atoms with E-state index in [4.69, 9.17) is 15.0 Å². The van der Waals surface area contributed by atoms with E-state index >= 15 is 0 Å². The molecule has 62 heavy (non-hydrogen) atoms. The Morgan fingerprint density at radius 1 is 0.194 bits per heavy atom. The monoisotopic (exact) mass is 785 g/mol. The van der Waals surface area contributed by atoms with Crippen LogP contribution in [0.4, 0.5) is 0 Å². The van der Waals surface area contributed by atoms with Gasteiger partial charge in [0, 0.05) is 16.7 Å². The average molecular weight is 786 g/mol. The second-order valence-electron chi connectivity index (χ2n) is 16.4. The zero-order valence-electron chi connectivity index (χ0n) is 33.5. The van der Waals surface area contributed by atoms with E-state index in [-0.39, 0.29) is 0 Å². The minimum absolute atomic E-state index is 0.640. The molecule has 13 aromatic rings. The van der Waals surface area contributed by atoms with Gasteiger partial charge in [0.05, 0.1) is 0 Å². The summed E-state index contributed by atoms with van der Waals surface area (Å²) in [5.74, 6) is 1.94. The summed E-state index contributed by atoms with van der Waals surface area (Å²) in [6.45, 7) is 0. The van der Waals surface area contributed by atoms with Gasteiger partial charge in [0.1, 0.15) is 0 Å². The summed E-state index contributed by atoms with van der Waals surface area (Å²) in [6, 6.07) is 76.7. The number of aromatic nitrogens is 3. The molecule has 286 valence electrons. The maximum absolute atomic E-state index is 5.09. The molecule has 0 radical (unpaired) electrons. The molecule has 0 atom stereocenters. The average Bonchev–Trinajstić information content (AvgIpc) is 3.35. The smallest absolute Gasteiger partial charge is 0.164 e. The molecule has 0 aliphatic carbocycles. The highest BCUT2D eigenvalue weighted by Gasteiger charge is 2.17. The molecule has 0 aliphatic rings. The maximum Gasteiger partial charge on any atom is 0.164 e. The molecule has 1 aromatic heterocycles. The van der Waals surface area contributed by atoms with Gasteiger partial charge in [0.2, 0.25) is 0 Å². The van der Waals surface area contributed by atoms with Crippen molar-refractivity contribution in [2.45, 2.75) is 0 Å². The molecule has 0 N–H and O–H groups in total. The maximum atomic E-state index is 5.09. The molecule has 13 rings (SSSR count). The number of nitrogens with zero attached hydrogens (tertiary/aromatic N) is 3. The summed E-state index contributed by atoms with van der Waals surface area (Å²) in [6.07, 6.45) is 0. The van der Waals surface area contributed by atoms with Gasteiger partial charge >= 0.3 is 0 Å². The first-order valence-electron chi connectivity index (χ1n) is 21.2. The third kappa shape index (κ3) is 5.49. The van der Waals surface area contributed by atoms with Crippen LogP contribution in [0.5, 0.6) is 0 Å². The molecule has 0 spiro atoms. The molecular formula is C59H35N3. The number of benzene rings is 11. The van der Waals surface area contributed by atoms with E-state index in [0.717, 1.165) is 33.2 Å². The van der Waals surface area contributed by atoms with Crippen LogP contribution in [0.25, 0.3) is 132 Å². The molecular weight excluding hydrogens is 751 g/mol. The quantitative estimate of drug-likeness (QED) is 0.163. The molecule has 1 heterocycles. The van der Waals surface area contributed by atoms with E-state index < -0.39 is 0 Å². The first-order valence-corrected chi connectivity index (χ1v) is 21.2. The van der Waals surface area contributed by atoms with Gasteiger partial charge in [0.25, 0.3) is 0 Å². The van der Waals surface area contributed by atoms with Crippen molar-refractivity contribution in [2.75, 3.05) is 0 Å². The van der Waals surface area contributed by atoms with Gasteiger partial charge in [-0.2, -0.15) is 0 Å². The van der Waals surface area contributed by atoms with E-state index in [2.05, 4.69) is 182 Å². The minimum atomic E-state index is 0.640. The molecule has 0 amide bonds. The minimum Gasteiger partial charge on any atom is -0.208 e. The predicted molar refractivity (Wildman–Crippen MR) is 261 cm³/mol. The van der Waals surface area contributed by atoms with Gasteiger partial charge in [-0.3, -0.25) is 0 Å². The molecule has 0 unspecified atom stereocenters. The summed E-state index contributed by atoms with van der Waals surface area (Å²) in [4.78, 5) is 15.1. The molecule has 0 aliphatic heterocycles. The van der Waals surface area contributed by atoms with E-state index in [1.165, 1.54) is 81.1 Å². The van der Waals surface area contributed by atoms with Crippen molar-refractivity contribution in [1.29, 1.82) is 0 Å². The fourth-order valence-electron chi connectivity index (χ4n) is 9.82. The van der Waals surface area contributed by atoms with Crippen LogP contribution in [0, 0.1) is 0 Å². The highest BCUT2D eigenvalue weighted by atomic mass is 15.0. The number of hydrogen-bond donors (Lipinski definition) is 0. The Balaban J connectivity index is 0.940. The van der Waals surface area contributed by atoms with Crippen LogP contribution in [0.1, 0.15) is 0 Å². The standard InChI is InChI=1S/C59H35N3/c1-2-11-42(12-3-1)57-60-58(62-59(61-57)47-31-26-36-10-4-5-13-43(36)33-47)46-18-6-17-44(32-46)37-22-24-38(25-23-37)48-34-45-30-29-41-15-8-20-50-49-19-7-14-39-27-28-40-16-9-21-51(55(40)53(39)49)52(35-48)56(45)54(41)50/h1-35H. The SMILES string of the molecule is c1ccc(-c2nc(-c3cccc(-c4ccc(-c5cc6ccc7cccc8c9cccc%10ccc%11cccc(c(c5)c6c78)c%11c%109)cc4)c3)nc(-c3ccc4ccccc4c3)n2)cc1. The summed E-state index contributed by atoms with van der Waals surface area (Å²) in [5, 5.41) is 17.8. The van der Waals surface area contributed by atoms with E-state index in [9.17, 15) is 0 Å². The summed E-state index contributed by atoms with van der Waals surface area (Å²) in [7, 11) is 0. The Bertz CT molecular complexity index is 3900. The number of hydrogen-bond acceptors (Lipinski definition) is 3. The third-order valence-electron chi connectivity index (χ3n) is 12.8. The topological polar surface area (TPSA) is 38.7 Å². The molecule has 0 saturated carbocycles. The van der Waals surface area contributed by atoms with Crippen molar-refractivity contribution in [3.8, 4) is 56.4 Å². The highest BCUT2D eigenvalue weighted by molar-refractivity contribution is 6.37. The lowest BCUT2D eigenvalue weighted by Gasteiger charge is -2.17. The van der Waals surface area contributed by atoms with Gasteiger partial charge in [-0.1, -0.05) is 188 Å². The van der Waals surface area contributed by atoms with Crippen molar-refractivity contribution >= 4 is 75.4 Å². The van der Waals surface area contributed by atoms with Crippen LogP contribution in [-0.2, 0) is 0 Å². The Morgan fingerprint density at radius 3 is 1.24 bits per heavy atom. The molecule has 0 bridgehead atoms. The molecule has 3 heteroatoms. The Morgan fingerprint density at radius 2 is 0.597 bits per heavy atom. The lowest BCUT2D eigenvalue weighted by molar-refractivity contribution is 1.07. The first kappa shape index (κ1) is 34.6. The zero-order chi connectivity index (χ0) is 40.7. The molecule has 0 fully saturated rings. The Hall–Kier alpha value is -8.27. The second kappa shape index (κ2) is 13.6. The summed E-state index contributed by atoms with van der Waals surface area (Å²) < 4.78 is 0. The lowest BCUT2D eigenvalue weighted by Crippen LogP contribution is -2.00. The van der Waals surface area contributed by atoms with Crippen LogP contribution < -0.4 is 0 Å². The highest BCUT2D eigenvalue weighted by Crippen LogP contribution is 2.44. The van der Waals surface area contributed by atoms with Gasteiger partial charge in [-0.25, -0.2) is 15.0 Å². The van der Waals surface area contributed by atoms with Gasteiger partial charge < -0.3 is 0 Å². The second-order valence-corrected chi connectivity index (χ2v) is 16.4. The molecule has 3 nitrogen and oxygen atoms in total. The van der Waals surface area contributed by atoms with Crippen molar-refractivity contribution in [3.63, 3.8) is 0 Å². The van der Waals surface area contributed by atoms with Crippen molar-refractivity contribution < 1.29 is 0 Å². The van der Waals surface area contributed by atoms with Crippen LogP contribution in [0.3, 0.4) is 0 Å². The third-order valence-corrected chi connectivity index (χ3v) is 12.8. The van der Waals surface area contributed by atoms with Crippen LogP contribution in [0.2, 0.25) is 0 Å². The number of rotatable bonds is 5. The van der Waals surface area contributed by atoms with Gasteiger partial charge in [-0.05, 0) is 122 Å². The van der Waals surface area contributed by atoms with Gasteiger partial charge in [-0.15, -0.1) is 0 Å². The molecule has 12 aromatic carbocycles. The fourth-order valence-corrected chi connectivity index (χ4v) is 9.82. The van der Waals surface area contributed by atoms with E-state index in [0.29, 0.717) is 17.5 Å². The van der Waals surface area contributed by atoms with Crippen LogP contribution in [-0.4, -0.2) is 15.0 Å². The van der Waals surface area contributed by atoms with Crippen molar-refractivity contribution in [2.24, 2.45) is 0 Å². The lowest BCUT2D eigenvalue weighted by atomic mass is 9.86. The zero-order valence-corrected chi connectivity index (χ0v) is 33.5. The van der Waals surface area contributed by atoms with E-state index in [1.807, 2.05) is 30.3 Å². The van der Waals surface area contributed by atoms with Crippen LogP contribution in [0.15, 0.2) is 212 Å². The largest absolute Gasteiger partial charge is 0.208 e. The van der Waals surface area contributed by atoms with Crippen molar-refractivity contribution in [1.82, 2.24) is 15.0 Å². The first-order chi connectivity index (χ1) is 30.7. The molecule has 0 saturated heterocycles. The fraction of sp³-hybridized carbons (Fsp3) is 0. The number of fused-ring (bicyclic) bond motifs is 3. The summed E-state index contributed by atoms with van der Waals surface area (Å²) in [5.41, 5.74) is 7.44. The Kier molecular flexibility index (Phi) is 7.60. The van der Waals surface area contributed by atoms with Crippen molar-refractivity contribution in [3.05, 3.63) is 212 Å². The van der Waals surface area contributed by atoms with E-state index in [1.54, 1.807) is 0 Å². The predicted octanol–water partition coefficient (Wildman–Crippen LogP) is 15.7. The van der Waals surface area contributed by atoms with Gasteiger partial charge in [0.15, 0.2) is 17.5 Å². The Labute approximate surface area is 357 Å².